The van der Waals surface area contributed by atoms with Crippen molar-refractivity contribution < 1.29 is 4.42 Å². The fraction of sp³-hybridized carbons (Fsp3) is 0. The van der Waals surface area contributed by atoms with Crippen molar-refractivity contribution in [2.75, 3.05) is 0 Å². The number of hydrogen-bond donors (Lipinski definition) is 0. The normalized spacial score (nSPS) is 11.9. The van der Waals surface area contributed by atoms with Gasteiger partial charge in [-0.15, -0.1) is 10.2 Å². The van der Waals surface area contributed by atoms with Crippen molar-refractivity contribution in [3.8, 4) is 51.0 Å². The molecule has 13 aromatic rings. The second-order valence-corrected chi connectivity index (χ2v) is 15.9. The number of benzene rings is 9. The maximum absolute atomic E-state index is 6.40. The highest BCUT2D eigenvalue weighted by atomic mass is 16.3. The standard InChI is InChI=1S/C56H35N5O/c1-3-16-36(17-4-1)55-57-58-56(61(55)39-20-5-2-6-21-39)45-27-15-30-50-54(45)44-26-8-11-29-49(44)59(50)40-22-13-18-37(32-40)38-19-14-23-41(33-38)60-48-28-10-7-24-42(48)46-34-47-43-25-9-12-31-52(43)62-53(47)35-51(46)60/h1-35H. The van der Waals surface area contributed by atoms with Gasteiger partial charge < -0.3 is 13.6 Å². The topological polar surface area (TPSA) is 53.7 Å². The van der Waals surface area contributed by atoms with E-state index in [0.29, 0.717) is 0 Å². The zero-order valence-corrected chi connectivity index (χ0v) is 33.4. The van der Waals surface area contributed by atoms with Gasteiger partial charge in [-0.3, -0.25) is 4.57 Å². The third-order valence-electron chi connectivity index (χ3n) is 12.4. The van der Waals surface area contributed by atoms with Crippen molar-refractivity contribution >= 4 is 65.6 Å². The number of hydrogen-bond acceptors (Lipinski definition) is 3. The molecule has 0 aliphatic carbocycles. The molecule has 0 radical (unpaired) electrons. The molecule has 6 heteroatoms. The van der Waals surface area contributed by atoms with Gasteiger partial charge in [0.1, 0.15) is 11.2 Å². The van der Waals surface area contributed by atoms with Crippen molar-refractivity contribution in [1.82, 2.24) is 23.9 Å². The van der Waals surface area contributed by atoms with E-state index in [9.17, 15) is 0 Å². The summed E-state index contributed by atoms with van der Waals surface area (Å²) in [4.78, 5) is 0. The predicted octanol–water partition coefficient (Wildman–Crippen LogP) is 14.4. The van der Waals surface area contributed by atoms with Gasteiger partial charge in [0, 0.05) is 66.6 Å². The Bertz CT molecular complexity index is 3870. The molecule has 4 heterocycles. The van der Waals surface area contributed by atoms with Gasteiger partial charge in [0.05, 0.1) is 22.1 Å². The predicted molar refractivity (Wildman–Crippen MR) is 254 cm³/mol. The first-order chi connectivity index (χ1) is 30.8. The summed E-state index contributed by atoms with van der Waals surface area (Å²) in [6, 6.07) is 75.1. The first kappa shape index (κ1) is 34.4. The molecule has 0 aliphatic rings. The van der Waals surface area contributed by atoms with Gasteiger partial charge in [-0.25, -0.2) is 0 Å². The molecule has 0 atom stereocenters. The highest BCUT2D eigenvalue weighted by Crippen LogP contribution is 2.42. The summed E-state index contributed by atoms with van der Waals surface area (Å²) in [5.41, 5.74) is 13.7. The summed E-state index contributed by atoms with van der Waals surface area (Å²) in [7, 11) is 0. The van der Waals surface area contributed by atoms with Crippen molar-refractivity contribution in [2.45, 2.75) is 0 Å². The average molecular weight is 794 g/mol. The van der Waals surface area contributed by atoms with Gasteiger partial charge in [0.15, 0.2) is 11.6 Å². The SMILES string of the molecule is c1ccc(-c2nnc(-c3cccc4c3c3ccccc3n4-c3cccc(-c4cccc(-n5c6ccccc6c6cc7c(cc65)oc5ccccc57)c4)c3)n2-c2ccccc2)cc1. The second kappa shape index (κ2) is 13.5. The number of furan rings is 1. The molecule has 290 valence electrons. The van der Waals surface area contributed by atoms with Crippen molar-refractivity contribution in [2.24, 2.45) is 0 Å². The van der Waals surface area contributed by atoms with E-state index in [4.69, 9.17) is 14.6 Å². The molecule has 13 rings (SSSR count). The minimum atomic E-state index is 0.792. The molecular weight excluding hydrogens is 759 g/mol. The van der Waals surface area contributed by atoms with Crippen LogP contribution in [0.25, 0.3) is 117 Å². The third-order valence-corrected chi connectivity index (χ3v) is 12.4. The first-order valence-corrected chi connectivity index (χ1v) is 20.9. The van der Waals surface area contributed by atoms with Crippen LogP contribution >= 0.6 is 0 Å². The fourth-order valence-electron chi connectivity index (χ4n) is 9.65. The van der Waals surface area contributed by atoms with Gasteiger partial charge in [0.2, 0.25) is 0 Å². The van der Waals surface area contributed by atoms with Gasteiger partial charge in [0.25, 0.3) is 0 Å². The zero-order chi connectivity index (χ0) is 40.7. The Labute approximate surface area is 355 Å². The van der Waals surface area contributed by atoms with E-state index in [2.05, 4.69) is 190 Å². The highest BCUT2D eigenvalue weighted by molar-refractivity contribution is 6.18. The number of aromatic nitrogens is 5. The molecule has 6 nitrogen and oxygen atoms in total. The van der Waals surface area contributed by atoms with Gasteiger partial charge in [-0.1, -0.05) is 140 Å². The summed E-state index contributed by atoms with van der Waals surface area (Å²) >= 11 is 0. The van der Waals surface area contributed by atoms with Crippen LogP contribution in [0, 0.1) is 0 Å². The summed E-state index contributed by atoms with van der Waals surface area (Å²) in [6.45, 7) is 0. The van der Waals surface area contributed by atoms with E-state index in [0.717, 1.165) is 106 Å². The lowest BCUT2D eigenvalue weighted by Crippen LogP contribution is -2.00. The molecule has 0 amide bonds. The summed E-state index contributed by atoms with van der Waals surface area (Å²) in [5.74, 6) is 1.59. The van der Waals surface area contributed by atoms with E-state index >= 15 is 0 Å². The second-order valence-electron chi connectivity index (χ2n) is 15.9. The Morgan fingerprint density at radius 3 is 1.61 bits per heavy atom. The van der Waals surface area contributed by atoms with Crippen molar-refractivity contribution in [3.05, 3.63) is 212 Å². The van der Waals surface area contributed by atoms with Crippen LogP contribution in [-0.4, -0.2) is 23.9 Å². The summed E-state index contributed by atoms with van der Waals surface area (Å²) < 4.78 is 13.3. The summed E-state index contributed by atoms with van der Waals surface area (Å²) in [6.07, 6.45) is 0. The summed E-state index contributed by atoms with van der Waals surface area (Å²) in [5, 5.41) is 16.7. The zero-order valence-electron chi connectivity index (χ0n) is 33.4. The van der Waals surface area contributed by atoms with E-state index in [1.54, 1.807) is 0 Å². The van der Waals surface area contributed by atoms with Crippen LogP contribution in [0.2, 0.25) is 0 Å². The van der Waals surface area contributed by atoms with E-state index in [1.807, 2.05) is 36.4 Å². The Hall–Kier alpha value is -8.48. The van der Waals surface area contributed by atoms with Crippen LogP contribution in [-0.2, 0) is 0 Å². The van der Waals surface area contributed by atoms with Gasteiger partial charge in [-0.2, -0.15) is 0 Å². The number of nitrogens with zero attached hydrogens (tertiary/aromatic N) is 5. The molecule has 0 aliphatic heterocycles. The van der Waals surface area contributed by atoms with Crippen molar-refractivity contribution in [1.29, 1.82) is 0 Å². The third kappa shape index (κ3) is 5.17. The molecule has 0 saturated carbocycles. The average Bonchev–Trinajstić information content (AvgIpc) is 4.11. The maximum Gasteiger partial charge on any atom is 0.169 e. The molecule has 0 fully saturated rings. The number of rotatable bonds is 6. The molecule has 0 bridgehead atoms. The minimum Gasteiger partial charge on any atom is -0.456 e. The smallest absolute Gasteiger partial charge is 0.169 e. The van der Waals surface area contributed by atoms with Crippen LogP contribution in [0.3, 0.4) is 0 Å². The van der Waals surface area contributed by atoms with Crippen LogP contribution in [0.15, 0.2) is 217 Å². The minimum absolute atomic E-state index is 0.792. The first-order valence-electron chi connectivity index (χ1n) is 20.9. The Kier molecular flexibility index (Phi) is 7.50. The van der Waals surface area contributed by atoms with Crippen LogP contribution in [0.5, 0.6) is 0 Å². The molecule has 62 heavy (non-hydrogen) atoms. The fourth-order valence-corrected chi connectivity index (χ4v) is 9.65. The van der Waals surface area contributed by atoms with Crippen LogP contribution in [0.1, 0.15) is 0 Å². The lowest BCUT2D eigenvalue weighted by atomic mass is 10.0. The quantitative estimate of drug-likeness (QED) is 0.168. The lowest BCUT2D eigenvalue weighted by molar-refractivity contribution is 0.669. The molecule has 0 unspecified atom stereocenters. The molecule has 0 saturated heterocycles. The lowest BCUT2D eigenvalue weighted by Gasteiger charge is -2.13. The monoisotopic (exact) mass is 793 g/mol. The number of fused-ring (bicyclic) bond motifs is 9. The van der Waals surface area contributed by atoms with Crippen molar-refractivity contribution in [3.63, 3.8) is 0 Å². The van der Waals surface area contributed by atoms with E-state index in [1.165, 1.54) is 10.8 Å². The Morgan fingerprint density at radius 1 is 0.306 bits per heavy atom. The molecule has 4 aromatic heterocycles. The molecular formula is C56H35N5O. The van der Waals surface area contributed by atoms with Crippen LogP contribution < -0.4 is 0 Å². The van der Waals surface area contributed by atoms with E-state index < -0.39 is 0 Å². The van der Waals surface area contributed by atoms with Gasteiger partial charge in [-0.05, 0) is 77.9 Å². The Morgan fingerprint density at radius 2 is 0.855 bits per heavy atom. The highest BCUT2D eigenvalue weighted by Gasteiger charge is 2.23. The van der Waals surface area contributed by atoms with Crippen LogP contribution in [0.4, 0.5) is 0 Å². The number of para-hydroxylation sites is 4. The Balaban J connectivity index is 0.971. The molecule has 0 spiro atoms. The van der Waals surface area contributed by atoms with Gasteiger partial charge >= 0.3 is 0 Å². The van der Waals surface area contributed by atoms with E-state index in [-0.39, 0.29) is 0 Å². The molecule has 9 aromatic carbocycles. The molecule has 0 N–H and O–H groups in total. The largest absolute Gasteiger partial charge is 0.456 e. The maximum atomic E-state index is 6.40.